The number of hydrogen-bond donors (Lipinski definition) is 0. The zero-order chi connectivity index (χ0) is 12.9. The minimum absolute atomic E-state index is 0.0559. The molecule has 0 N–H and O–H groups in total. The van der Waals surface area contributed by atoms with E-state index in [4.69, 9.17) is 4.74 Å². The summed E-state index contributed by atoms with van der Waals surface area (Å²) in [5.74, 6) is 0.703. The zero-order valence-electron chi connectivity index (χ0n) is 11.7. The van der Waals surface area contributed by atoms with Crippen LogP contribution in [0.3, 0.4) is 0 Å². The summed E-state index contributed by atoms with van der Waals surface area (Å²) in [4.78, 5) is 4.11. The number of hydrogen-bond acceptors (Lipinski definition) is 3. The van der Waals surface area contributed by atoms with Crippen molar-refractivity contribution < 1.29 is 4.74 Å². The van der Waals surface area contributed by atoms with Gasteiger partial charge in [0, 0.05) is 23.9 Å². The molecule has 1 aromatic rings. The summed E-state index contributed by atoms with van der Waals surface area (Å²) in [5.41, 5.74) is 1.61. The van der Waals surface area contributed by atoms with Crippen molar-refractivity contribution in [3.63, 3.8) is 0 Å². The van der Waals surface area contributed by atoms with Crippen molar-refractivity contribution in [1.82, 2.24) is 4.90 Å². The van der Waals surface area contributed by atoms with Gasteiger partial charge in [0.05, 0.1) is 11.7 Å². The van der Waals surface area contributed by atoms with Gasteiger partial charge >= 0.3 is 0 Å². The second-order valence-electron chi connectivity index (χ2n) is 6.54. The fourth-order valence-corrected chi connectivity index (χ4v) is 5.42. The van der Waals surface area contributed by atoms with Crippen LogP contribution in [0.25, 0.3) is 0 Å². The van der Waals surface area contributed by atoms with Gasteiger partial charge in [-0.05, 0) is 49.7 Å². The lowest BCUT2D eigenvalue weighted by atomic mass is 9.74. The molecule has 2 fully saturated rings. The maximum absolute atomic E-state index is 6.73. The molecule has 1 spiro atoms. The van der Waals surface area contributed by atoms with Crippen molar-refractivity contribution in [3.05, 3.63) is 21.9 Å². The first-order valence-corrected chi connectivity index (χ1v) is 8.61. The van der Waals surface area contributed by atoms with E-state index in [0.717, 1.165) is 0 Å². The quantitative estimate of drug-likeness (QED) is 0.716. The zero-order valence-corrected chi connectivity index (χ0v) is 12.5. The van der Waals surface area contributed by atoms with Gasteiger partial charge in [0.2, 0.25) is 0 Å². The van der Waals surface area contributed by atoms with E-state index in [1.54, 1.807) is 10.4 Å². The molecule has 1 aliphatic carbocycles. The second kappa shape index (κ2) is 4.57. The van der Waals surface area contributed by atoms with Crippen LogP contribution >= 0.6 is 11.3 Å². The van der Waals surface area contributed by atoms with Gasteiger partial charge in [0.15, 0.2) is 0 Å². The Hall–Kier alpha value is -0.380. The van der Waals surface area contributed by atoms with Crippen LogP contribution in [-0.4, -0.2) is 31.1 Å². The Morgan fingerprint density at radius 2 is 2.05 bits per heavy atom. The first-order valence-electron chi connectivity index (χ1n) is 7.73. The number of rotatable bonds is 0. The molecule has 1 aromatic heterocycles. The number of piperidine rings is 1. The standard InChI is InChI=1S/C16H23NOS/c1-17-9-7-16(8-10-17)13-6-11-19-15(13)12-4-2-3-5-14(12)18-16/h6,11-12,14H,2-5,7-10H2,1H3/t12-,14+/m0/s1. The lowest BCUT2D eigenvalue weighted by Crippen LogP contribution is -2.49. The van der Waals surface area contributed by atoms with Crippen molar-refractivity contribution in [3.8, 4) is 0 Å². The van der Waals surface area contributed by atoms with Crippen LogP contribution in [0.1, 0.15) is 54.9 Å². The Bertz CT molecular complexity index is 461. The molecule has 104 valence electrons. The Labute approximate surface area is 119 Å². The van der Waals surface area contributed by atoms with Gasteiger partial charge in [0.1, 0.15) is 0 Å². The van der Waals surface area contributed by atoms with Crippen molar-refractivity contribution in [2.45, 2.75) is 56.1 Å². The third kappa shape index (κ3) is 1.90. The van der Waals surface area contributed by atoms with Gasteiger partial charge in [0.25, 0.3) is 0 Å². The summed E-state index contributed by atoms with van der Waals surface area (Å²) >= 11 is 1.99. The minimum atomic E-state index is 0.0559. The van der Waals surface area contributed by atoms with Crippen LogP contribution < -0.4 is 0 Å². The molecule has 1 saturated heterocycles. The smallest absolute Gasteiger partial charge is 0.0970 e. The Balaban J connectivity index is 1.73. The van der Waals surface area contributed by atoms with E-state index in [9.17, 15) is 0 Å². The van der Waals surface area contributed by atoms with Gasteiger partial charge in [-0.3, -0.25) is 0 Å². The Morgan fingerprint density at radius 3 is 2.89 bits per heavy atom. The van der Waals surface area contributed by atoms with Gasteiger partial charge < -0.3 is 9.64 Å². The maximum atomic E-state index is 6.73. The molecule has 2 nitrogen and oxygen atoms in total. The monoisotopic (exact) mass is 277 g/mol. The summed E-state index contributed by atoms with van der Waals surface area (Å²) in [7, 11) is 2.23. The minimum Gasteiger partial charge on any atom is -0.366 e. The molecule has 0 unspecified atom stereocenters. The highest BCUT2D eigenvalue weighted by Gasteiger charge is 2.47. The highest BCUT2D eigenvalue weighted by atomic mass is 32.1. The lowest BCUT2D eigenvalue weighted by molar-refractivity contribution is -0.154. The molecule has 19 heavy (non-hydrogen) atoms. The molecule has 2 aliphatic heterocycles. The second-order valence-corrected chi connectivity index (χ2v) is 7.49. The fraction of sp³-hybridized carbons (Fsp3) is 0.750. The molecule has 2 atom stereocenters. The van der Waals surface area contributed by atoms with Gasteiger partial charge in [-0.15, -0.1) is 11.3 Å². The Kier molecular flexibility index (Phi) is 2.98. The first-order chi connectivity index (χ1) is 9.28. The molecule has 3 heteroatoms. The van der Waals surface area contributed by atoms with E-state index >= 15 is 0 Å². The molecular formula is C16H23NOS. The molecule has 0 amide bonds. The van der Waals surface area contributed by atoms with Crippen molar-refractivity contribution in [2.75, 3.05) is 20.1 Å². The highest BCUT2D eigenvalue weighted by molar-refractivity contribution is 7.10. The molecule has 1 saturated carbocycles. The van der Waals surface area contributed by atoms with Crippen molar-refractivity contribution >= 4 is 11.3 Å². The summed E-state index contributed by atoms with van der Waals surface area (Å²) < 4.78 is 6.73. The molecule has 3 heterocycles. The summed E-state index contributed by atoms with van der Waals surface area (Å²) in [6.07, 6.45) is 8.22. The lowest BCUT2D eigenvalue weighted by Gasteiger charge is -2.49. The predicted molar refractivity (Wildman–Crippen MR) is 78.8 cm³/mol. The summed E-state index contributed by atoms with van der Waals surface area (Å²) in [5, 5.41) is 2.30. The molecule has 0 aromatic carbocycles. The third-order valence-electron chi connectivity index (χ3n) is 5.40. The molecule has 0 radical (unpaired) electrons. The number of likely N-dealkylation sites (tertiary alicyclic amines) is 1. The van der Waals surface area contributed by atoms with Crippen LogP contribution in [0.4, 0.5) is 0 Å². The molecular weight excluding hydrogens is 254 g/mol. The average molecular weight is 277 g/mol. The van der Waals surface area contributed by atoms with E-state index in [1.807, 2.05) is 11.3 Å². The van der Waals surface area contributed by atoms with E-state index in [2.05, 4.69) is 23.4 Å². The fourth-order valence-electron chi connectivity index (χ4n) is 4.24. The van der Waals surface area contributed by atoms with Crippen molar-refractivity contribution in [2.24, 2.45) is 0 Å². The first kappa shape index (κ1) is 12.4. The number of thiophene rings is 1. The van der Waals surface area contributed by atoms with E-state index in [0.29, 0.717) is 12.0 Å². The largest absolute Gasteiger partial charge is 0.366 e. The maximum Gasteiger partial charge on any atom is 0.0970 e. The van der Waals surface area contributed by atoms with E-state index in [1.165, 1.54) is 51.6 Å². The van der Waals surface area contributed by atoms with Gasteiger partial charge in [-0.2, -0.15) is 0 Å². The van der Waals surface area contributed by atoms with E-state index in [-0.39, 0.29) is 5.60 Å². The van der Waals surface area contributed by atoms with E-state index < -0.39 is 0 Å². The predicted octanol–water partition coefficient (Wildman–Crippen LogP) is 3.73. The topological polar surface area (TPSA) is 12.5 Å². The normalized spacial score (nSPS) is 33.9. The highest BCUT2D eigenvalue weighted by Crippen LogP contribution is 2.52. The third-order valence-corrected chi connectivity index (χ3v) is 6.45. The number of ether oxygens (including phenoxy) is 1. The average Bonchev–Trinajstić information content (AvgIpc) is 2.93. The Morgan fingerprint density at radius 1 is 1.26 bits per heavy atom. The summed E-state index contributed by atoms with van der Waals surface area (Å²) in [6, 6.07) is 2.36. The number of fused-ring (bicyclic) bond motifs is 4. The molecule has 3 aliphatic rings. The van der Waals surface area contributed by atoms with Crippen LogP contribution in [0.2, 0.25) is 0 Å². The number of nitrogens with zero attached hydrogens (tertiary/aromatic N) is 1. The van der Waals surface area contributed by atoms with Gasteiger partial charge in [-0.1, -0.05) is 12.8 Å². The van der Waals surface area contributed by atoms with Crippen LogP contribution in [0.5, 0.6) is 0 Å². The van der Waals surface area contributed by atoms with Crippen LogP contribution in [-0.2, 0) is 10.3 Å². The van der Waals surface area contributed by atoms with Gasteiger partial charge in [-0.25, -0.2) is 0 Å². The van der Waals surface area contributed by atoms with Crippen molar-refractivity contribution in [1.29, 1.82) is 0 Å². The SMILES string of the molecule is CN1CCC2(CC1)O[C@@H]1CCCC[C@@H]1c1sccc12. The van der Waals surface area contributed by atoms with Crippen LogP contribution in [0, 0.1) is 0 Å². The van der Waals surface area contributed by atoms with Crippen LogP contribution in [0.15, 0.2) is 11.4 Å². The molecule has 4 rings (SSSR count). The summed E-state index contributed by atoms with van der Waals surface area (Å²) in [6.45, 7) is 2.35. The molecule has 0 bridgehead atoms.